The Morgan fingerprint density at radius 3 is 3.00 bits per heavy atom. The van der Waals surface area contributed by atoms with Gasteiger partial charge in [0, 0.05) is 17.4 Å². The van der Waals surface area contributed by atoms with Gasteiger partial charge in [0.1, 0.15) is 5.01 Å². The lowest BCUT2D eigenvalue weighted by molar-refractivity contribution is -0.116. The van der Waals surface area contributed by atoms with Crippen LogP contribution in [0.4, 0.5) is 9.93 Å². The van der Waals surface area contributed by atoms with Crippen molar-refractivity contribution in [1.29, 1.82) is 0 Å². The van der Waals surface area contributed by atoms with Crippen LogP contribution in [0.25, 0.3) is 0 Å². The second-order valence-corrected chi connectivity index (χ2v) is 8.10. The van der Waals surface area contributed by atoms with Crippen LogP contribution in [0.1, 0.15) is 37.6 Å². The predicted molar refractivity (Wildman–Crippen MR) is 91.9 cm³/mol. The number of nitrogens with zero attached hydrogens (tertiary/aromatic N) is 2. The molecule has 3 atom stereocenters. The molecule has 0 unspecified atom stereocenters. The minimum atomic E-state index is -0.0480. The second-order valence-electron chi connectivity index (χ2n) is 5.77. The smallest absolute Gasteiger partial charge is 0.315 e. The lowest BCUT2D eigenvalue weighted by Crippen LogP contribution is -2.36. The van der Waals surface area contributed by atoms with Gasteiger partial charge in [-0.15, -0.1) is 10.2 Å². The highest BCUT2D eigenvalue weighted by Crippen LogP contribution is 2.33. The normalized spacial score (nSPS) is 25.8. The van der Waals surface area contributed by atoms with E-state index in [9.17, 15) is 9.59 Å². The van der Waals surface area contributed by atoms with Gasteiger partial charge in [0.05, 0.1) is 12.1 Å². The Morgan fingerprint density at radius 2 is 2.22 bits per heavy atom. The lowest BCUT2D eigenvalue weighted by atomic mass is 10.0. The van der Waals surface area contributed by atoms with Crippen molar-refractivity contribution in [3.63, 3.8) is 0 Å². The van der Waals surface area contributed by atoms with Gasteiger partial charge in [-0.05, 0) is 19.3 Å². The van der Waals surface area contributed by atoms with E-state index < -0.39 is 0 Å². The number of hydrogen-bond acceptors (Lipinski definition) is 6. The summed E-state index contributed by atoms with van der Waals surface area (Å²) in [6.07, 6.45) is 4.19. The maximum Gasteiger partial charge on any atom is 0.315 e. The van der Waals surface area contributed by atoms with Crippen LogP contribution in [0.15, 0.2) is 0 Å². The molecule has 2 saturated heterocycles. The summed E-state index contributed by atoms with van der Waals surface area (Å²) in [7, 11) is 0. The van der Waals surface area contributed by atoms with Crippen LogP contribution in [-0.4, -0.2) is 45.2 Å². The lowest BCUT2D eigenvalue weighted by Gasteiger charge is -2.16. The van der Waals surface area contributed by atoms with Gasteiger partial charge in [-0.3, -0.25) is 4.79 Å². The summed E-state index contributed by atoms with van der Waals surface area (Å²) in [5, 5.41) is 18.6. The van der Waals surface area contributed by atoms with Gasteiger partial charge in [-0.2, -0.15) is 11.8 Å². The molecule has 9 heteroatoms. The van der Waals surface area contributed by atoms with Gasteiger partial charge in [0.2, 0.25) is 11.0 Å². The maximum absolute atomic E-state index is 11.9. The van der Waals surface area contributed by atoms with Gasteiger partial charge < -0.3 is 16.0 Å². The first-order valence-electron chi connectivity index (χ1n) is 7.96. The number of hydrogen-bond donors (Lipinski definition) is 3. The third-order valence-electron chi connectivity index (χ3n) is 4.10. The molecule has 0 radical (unpaired) electrons. The van der Waals surface area contributed by atoms with E-state index in [-0.39, 0.29) is 24.0 Å². The SMILES string of the molecule is CCc1nnc(NC(=O)CCCC[C@@H]2SC[C@@H]3NC(=O)N[C@H]32)s1. The minimum absolute atomic E-state index is 0.00316. The van der Waals surface area contributed by atoms with Crippen molar-refractivity contribution in [3.05, 3.63) is 5.01 Å². The summed E-state index contributed by atoms with van der Waals surface area (Å²) in [4.78, 5) is 23.2. The second kappa shape index (κ2) is 7.48. The third kappa shape index (κ3) is 4.14. The summed E-state index contributed by atoms with van der Waals surface area (Å²) in [6, 6.07) is 0.467. The molecule has 3 rings (SSSR count). The topological polar surface area (TPSA) is 96.0 Å². The molecule has 2 aliphatic rings. The molecular weight excluding hydrogens is 334 g/mol. The zero-order chi connectivity index (χ0) is 16.2. The van der Waals surface area contributed by atoms with Crippen LogP contribution in [-0.2, 0) is 11.2 Å². The van der Waals surface area contributed by atoms with Crippen LogP contribution in [0.5, 0.6) is 0 Å². The molecular formula is C14H21N5O2S2. The number of carbonyl (C=O) groups is 2. The van der Waals surface area contributed by atoms with Gasteiger partial charge in [-0.25, -0.2) is 4.79 Å². The van der Waals surface area contributed by atoms with Crippen molar-refractivity contribution in [2.45, 2.75) is 56.4 Å². The molecule has 1 aromatic rings. The van der Waals surface area contributed by atoms with E-state index >= 15 is 0 Å². The molecule has 2 aliphatic heterocycles. The number of unbranched alkanes of at least 4 members (excludes halogenated alkanes) is 1. The third-order valence-corrected chi connectivity index (χ3v) is 6.59. The number of rotatable bonds is 7. The van der Waals surface area contributed by atoms with Gasteiger partial charge in [-0.1, -0.05) is 24.7 Å². The van der Waals surface area contributed by atoms with Crippen LogP contribution in [0, 0.1) is 0 Å². The van der Waals surface area contributed by atoms with E-state index in [1.807, 2.05) is 18.7 Å². The van der Waals surface area contributed by atoms with E-state index in [2.05, 4.69) is 26.1 Å². The highest BCUT2D eigenvalue weighted by Gasteiger charge is 2.42. The number of aromatic nitrogens is 2. The first-order valence-corrected chi connectivity index (χ1v) is 9.83. The standard InChI is InChI=1S/C14H21N5O2S2/c1-2-11-18-19-14(23-11)16-10(20)6-4-3-5-9-12-8(7-22-9)15-13(21)17-12/h8-9,12H,2-7H2,1H3,(H2,15,17,21)(H,16,19,20)/t8-,9-,12+/m0/s1. The Labute approximate surface area is 143 Å². The van der Waals surface area contributed by atoms with Crippen LogP contribution in [0.2, 0.25) is 0 Å². The number of aryl methyl sites for hydroxylation is 1. The van der Waals surface area contributed by atoms with Crippen molar-refractivity contribution < 1.29 is 9.59 Å². The van der Waals surface area contributed by atoms with E-state index in [0.29, 0.717) is 16.8 Å². The molecule has 2 fully saturated rings. The highest BCUT2D eigenvalue weighted by atomic mass is 32.2. The monoisotopic (exact) mass is 355 g/mol. The number of nitrogens with one attached hydrogen (secondary N) is 3. The Hall–Kier alpha value is -1.35. The van der Waals surface area contributed by atoms with Crippen molar-refractivity contribution in [3.8, 4) is 0 Å². The van der Waals surface area contributed by atoms with Gasteiger partial charge in [0.15, 0.2) is 0 Å². The van der Waals surface area contributed by atoms with Crippen molar-refractivity contribution in [2.75, 3.05) is 11.1 Å². The van der Waals surface area contributed by atoms with Crippen LogP contribution < -0.4 is 16.0 Å². The zero-order valence-electron chi connectivity index (χ0n) is 13.0. The molecule has 0 bridgehead atoms. The largest absolute Gasteiger partial charge is 0.332 e. The van der Waals surface area contributed by atoms with Gasteiger partial charge >= 0.3 is 6.03 Å². The number of urea groups is 1. The zero-order valence-corrected chi connectivity index (χ0v) is 14.6. The molecule has 23 heavy (non-hydrogen) atoms. The molecule has 3 amide bonds. The van der Waals surface area contributed by atoms with Crippen molar-refractivity contribution in [2.24, 2.45) is 0 Å². The fourth-order valence-corrected chi connectivity index (χ4v) is 5.14. The molecule has 3 heterocycles. The molecule has 126 valence electrons. The van der Waals surface area contributed by atoms with Crippen LogP contribution >= 0.6 is 23.1 Å². The van der Waals surface area contributed by atoms with Crippen molar-refractivity contribution >= 4 is 40.2 Å². The van der Waals surface area contributed by atoms with Gasteiger partial charge in [0.25, 0.3) is 0 Å². The first-order chi connectivity index (χ1) is 11.2. The average molecular weight is 355 g/mol. The van der Waals surface area contributed by atoms with E-state index in [4.69, 9.17) is 0 Å². The Kier molecular flexibility index (Phi) is 5.37. The molecule has 0 aromatic carbocycles. The minimum Gasteiger partial charge on any atom is -0.332 e. The molecule has 1 aromatic heterocycles. The fraction of sp³-hybridized carbons (Fsp3) is 0.714. The maximum atomic E-state index is 11.9. The average Bonchev–Trinajstić information content (AvgIpc) is 3.20. The number of anilines is 1. The molecule has 0 aliphatic carbocycles. The summed E-state index contributed by atoms with van der Waals surface area (Å²) in [5.41, 5.74) is 0. The molecule has 0 saturated carbocycles. The quantitative estimate of drug-likeness (QED) is 0.512. The van der Waals surface area contributed by atoms with E-state index in [0.717, 1.165) is 36.4 Å². The Bertz CT molecular complexity index is 579. The summed E-state index contributed by atoms with van der Waals surface area (Å²) >= 11 is 3.34. The molecule has 7 nitrogen and oxygen atoms in total. The fourth-order valence-electron chi connectivity index (χ4n) is 2.90. The Balaban J connectivity index is 1.33. The van der Waals surface area contributed by atoms with Crippen LogP contribution in [0.3, 0.4) is 0 Å². The number of carbonyl (C=O) groups excluding carboxylic acids is 2. The number of amides is 3. The predicted octanol–water partition coefficient (Wildman–Crippen LogP) is 1.76. The number of thioether (sulfide) groups is 1. The van der Waals surface area contributed by atoms with E-state index in [1.54, 1.807) is 0 Å². The molecule has 3 N–H and O–H groups in total. The Morgan fingerprint density at radius 1 is 1.35 bits per heavy atom. The first kappa shape index (κ1) is 16.5. The number of fused-ring (bicyclic) bond motifs is 1. The van der Waals surface area contributed by atoms with Crippen molar-refractivity contribution in [1.82, 2.24) is 20.8 Å². The molecule has 0 spiro atoms. The highest BCUT2D eigenvalue weighted by molar-refractivity contribution is 8.00. The van der Waals surface area contributed by atoms with E-state index in [1.165, 1.54) is 11.3 Å². The summed E-state index contributed by atoms with van der Waals surface area (Å²) < 4.78 is 0. The summed E-state index contributed by atoms with van der Waals surface area (Å²) in [5.74, 6) is 0.974. The summed E-state index contributed by atoms with van der Waals surface area (Å²) in [6.45, 7) is 2.01.